The quantitative estimate of drug-likeness (QED) is 0.494. The van der Waals surface area contributed by atoms with Crippen molar-refractivity contribution in [3.63, 3.8) is 0 Å². The van der Waals surface area contributed by atoms with Gasteiger partial charge < -0.3 is 5.32 Å². The lowest BCUT2D eigenvalue weighted by molar-refractivity contribution is -0.138. The third-order valence-electron chi connectivity index (χ3n) is 3.86. The SMILES string of the molecule is Cc1cnccc1C(=O)Nc1ccn(Cc2ccc(I)cc2C(F)(F)F)n1.Cl. The Morgan fingerprint density at radius 3 is 2.68 bits per heavy atom. The van der Waals surface area contributed by atoms with Gasteiger partial charge in [-0.05, 0) is 58.8 Å². The number of aromatic nitrogens is 3. The van der Waals surface area contributed by atoms with Gasteiger partial charge in [-0.1, -0.05) is 6.07 Å². The molecule has 1 N–H and O–H groups in total. The Kier molecular flexibility index (Phi) is 7.05. The van der Waals surface area contributed by atoms with E-state index in [9.17, 15) is 18.0 Å². The molecule has 0 spiro atoms. The summed E-state index contributed by atoms with van der Waals surface area (Å²) in [7, 11) is 0. The predicted molar refractivity (Wildman–Crippen MR) is 110 cm³/mol. The molecule has 3 rings (SSSR count). The first kappa shape index (κ1) is 22.2. The Morgan fingerprint density at radius 2 is 2.00 bits per heavy atom. The van der Waals surface area contributed by atoms with Crippen molar-refractivity contribution in [2.24, 2.45) is 0 Å². The minimum absolute atomic E-state index is 0. The van der Waals surface area contributed by atoms with Crippen LogP contribution in [0.5, 0.6) is 0 Å². The van der Waals surface area contributed by atoms with Crippen LogP contribution in [0.25, 0.3) is 0 Å². The Morgan fingerprint density at radius 1 is 1.25 bits per heavy atom. The molecule has 0 unspecified atom stereocenters. The zero-order valence-electron chi connectivity index (χ0n) is 14.5. The van der Waals surface area contributed by atoms with Crippen LogP contribution >= 0.6 is 35.0 Å². The van der Waals surface area contributed by atoms with Crippen molar-refractivity contribution in [1.29, 1.82) is 0 Å². The van der Waals surface area contributed by atoms with E-state index < -0.39 is 11.7 Å². The molecular formula is C18H15ClF3IN4O. The molecule has 148 valence electrons. The van der Waals surface area contributed by atoms with E-state index in [2.05, 4.69) is 15.4 Å². The fourth-order valence-electron chi connectivity index (χ4n) is 2.55. The van der Waals surface area contributed by atoms with Crippen LogP contribution in [0.3, 0.4) is 0 Å². The highest BCUT2D eigenvalue weighted by Crippen LogP contribution is 2.33. The van der Waals surface area contributed by atoms with Crippen LogP contribution in [0, 0.1) is 10.5 Å². The van der Waals surface area contributed by atoms with E-state index in [1.165, 1.54) is 29.2 Å². The molecule has 0 aliphatic carbocycles. The van der Waals surface area contributed by atoms with E-state index in [0.29, 0.717) is 14.7 Å². The zero-order chi connectivity index (χ0) is 19.6. The zero-order valence-corrected chi connectivity index (χ0v) is 17.5. The van der Waals surface area contributed by atoms with Crippen molar-refractivity contribution in [3.8, 4) is 0 Å². The number of halogens is 5. The fourth-order valence-corrected chi connectivity index (χ4v) is 3.04. The molecule has 3 aromatic rings. The van der Waals surface area contributed by atoms with Gasteiger partial charge in [0.15, 0.2) is 5.82 Å². The van der Waals surface area contributed by atoms with Crippen LogP contribution in [0.4, 0.5) is 19.0 Å². The summed E-state index contributed by atoms with van der Waals surface area (Å²) in [6.07, 6.45) is 0.158. The highest BCUT2D eigenvalue weighted by atomic mass is 127. The molecule has 0 saturated heterocycles. The van der Waals surface area contributed by atoms with Crippen molar-refractivity contribution in [2.45, 2.75) is 19.6 Å². The van der Waals surface area contributed by atoms with E-state index in [0.717, 1.165) is 6.07 Å². The number of rotatable bonds is 4. The molecule has 0 radical (unpaired) electrons. The van der Waals surface area contributed by atoms with Crippen LogP contribution in [0.2, 0.25) is 0 Å². The number of aryl methyl sites for hydroxylation is 1. The van der Waals surface area contributed by atoms with Crippen molar-refractivity contribution >= 4 is 46.7 Å². The number of alkyl halides is 3. The highest BCUT2D eigenvalue weighted by molar-refractivity contribution is 14.1. The second-order valence-electron chi connectivity index (χ2n) is 5.84. The van der Waals surface area contributed by atoms with Gasteiger partial charge >= 0.3 is 6.18 Å². The number of carbonyl (C=O) groups is 1. The average molecular weight is 523 g/mol. The van der Waals surface area contributed by atoms with Crippen LogP contribution in [-0.2, 0) is 12.7 Å². The summed E-state index contributed by atoms with van der Waals surface area (Å²) < 4.78 is 41.6. The largest absolute Gasteiger partial charge is 0.416 e. The van der Waals surface area contributed by atoms with Gasteiger partial charge in [0, 0.05) is 33.8 Å². The molecule has 5 nitrogen and oxygen atoms in total. The van der Waals surface area contributed by atoms with E-state index in [-0.39, 0.29) is 36.2 Å². The number of nitrogens with one attached hydrogen (secondary N) is 1. The lowest BCUT2D eigenvalue weighted by Gasteiger charge is -2.13. The number of hydrogen-bond donors (Lipinski definition) is 1. The highest BCUT2D eigenvalue weighted by Gasteiger charge is 2.33. The Hall–Kier alpha value is -2.14. The number of nitrogens with zero attached hydrogens (tertiary/aromatic N) is 3. The van der Waals surface area contributed by atoms with Gasteiger partial charge in [0.2, 0.25) is 0 Å². The topological polar surface area (TPSA) is 59.8 Å². The lowest BCUT2D eigenvalue weighted by Crippen LogP contribution is -2.15. The second-order valence-corrected chi connectivity index (χ2v) is 7.09. The molecule has 0 fully saturated rings. The number of carbonyl (C=O) groups excluding carboxylic acids is 1. The van der Waals surface area contributed by atoms with Crippen LogP contribution in [0.1, 0.15) is 27.0 Å². The molecule has 28 heavy (non-hydrogen) atoms. The van der Waals surface area contributed by atoms with Crippen LogP contribution in [-0.4, -0.2) is 20.7 Å². The molecule has 0 aliphatic heterocycles. The molecule has 1 aromatic carbocycles. The summed E-state index contributed by atoms with van der Waals surface area (Å²) in [6.45, 7) is 1.70. The van der Waals surface area contributed by atoms with E-state index in [1.807, 2.05) is 22.6 Å². The number of pyridine rings is 1. The maximum atomic E-state index is 13.2. The van der Waals surface area contributed by atoms with Crippen molar-refractivity contribution in [1.82, 2.24) is 14.8 Å². The summed E-state index contributed by atoms with van der Waals surface area (Å²) in [6, 6.07) is 7.28. The number of hydrogen-bond acceptors (Lipinski definition) is 3. The lowest BCUT2D eigenvalue weighted by atomic mass is 10.1. The predicted octanol–water partition coefficient (Wildman–Crippen LogP) is 4.93. The van der Waals surface area contributed by atoms with Crippen molar-refractivity contribution in [3.05, 3.63) is 74.7 Å². The third-order valence-corrected chi connectivity index (χ3v) is 4.53. The first-order valence-corrected chi connectivity index (χ1v) is 8.93. The Bertz CT molecular complexity index is 991. The molecular weight excluding hydrogens is 508 g/mol. The van der Waals surface area contributed by atoms with Crippen molar-refractivity contribution in [2.75, 3.05) is 5.32 Å². The normalized spacial score (nSPS) is 11.0. The number of amides is 1. The Balaban J connectivity index is 0.00000280. The maximum Gasteiger partial charge on any atom is 0.416 e. The number of anilines is 1. The van der Waals surface area contributed by atoms with Gasteiger partial charge in [0.25, 0.3) is 5.91 Å². The molecule has 2 heterocycles. The summed E-state index contributed by atoms with van der Waals surface area (Å²) >= 11 is 1.84. The van der Waals surface area contributed by atoms with Crippen LogP contribution < -0.4 is 5.32 Å². The summed E-state index contributed by atoms with van der Waals surface area (Å²) in [4.78, 5) is 16.2. The standard InChI is InChI=1S/C18H14F3IN4O.ClH/c1-11-9-23-6-4-14(11)17(27)24-16-5-7-26(25-16)10-12-2-3-13(22)8-15(12)18(19,20)21;/h2-9H,10H2,1H3,(H,24,25,27);1H. The van der Waals surface area contributed by atoms with Crippen molar-refractivity contribution < 1.29 is 18.0 Å². The first-order chi connectivity index (χ1) is 12.7. The molecule has 10 heteroatoms. The molecule has 0 bridgehead atoms. The monoisotopic (exact) mass is 522 g/mol. The summed E-state index contributed by atoms with van der Waals surface area (Å²) in [5.74, 6) is -0.0966. The van der Waals surface area contributed by atoms with Gasteiger partial charge in [0.05, 0.1) is 12.1 Å². The molecule has 2 aromatic heterocycles. The molecule has 1 amide bonds. The minimum Gasteiger partial charge on any atom is -0.305 e. The van der Waals surface area contributed by atoms with Gasteiger partial charge in [-0.25, -0.2) is 0 Å². The van der Waals surface area contributed by atoms with Gasteiger partial charge in [-0.3, -0.25) is 14.5 Å². The fraction of sp³-hybridized carbons (Fsp3) is 0.167. The second kappa shape index (κ2) is 8.91. The minimum atomic E-state index is -4.44. The third kappa shape index (κ3) is 5.22. The van der Waals surface area contributed by atoms with E-state index in [4.69, 9.17) is 0 Å². The van der Waals surface area contributed by atoms with Gasteiger partial charge in [-0.15, -0.1) is 12.4 Å². The van der Waals surface area contributed by atoms with Gasteiger partial charge in [-0.2, -0.15) is 18.3 Å². The smallest absolute Gasteiger partial charge is 0.305 e. The molecule has 0 aliphatic rings. The summed E-state index contributed by atoms with van der Waals surface area (Å²) in [5, 5.41) is 6.78. The average Bonchev–Trinajstić information content (AvgIpc) is 3.03. The molecule has 0 saturated carbocycles. The maximum absolute atomic E-state index is 13.2. The van der Waals surface area contributed by atoms with E-state index >= 15 is 0 Å². The summed E-state index contributed by atoms with van der Waals surface area (Å²) in [5.41, 5.74) is 0.580. The number of benzene rings is 1. The Labute approximate surface area is 178 Å². The molecule has 0 atom stereocenters. The van der Waals surface area contributed by atoms with Crippen LogP contribution in [0.15, 0.2) is 48.9 Å². The first-order valence-electron chi connectivity index (χ1n) is 7.85. The van der Waals surface area contributed by atoms with E-state index in [1.54, 1.807) is 25.3 Å². The van der Waals surface area contributed by atoms with Gasteiger partial charge in [0.1, 0.15) is 0 Å².